The second-order valence-corrected chi connectivity index (χ2v) is 5.19. The molecule has 1 aliphatic heterocycles. The summed E-state index contributed by atoms with van der Waals surface area (Å²) in [6.45, 7) is 3.06. The van der Waals surface area contributed by atoms with Crippen molar-refractivity contribution in [1.82, 2.24) is 4.90 Å². The number of hydrogen-bond donors (Lipinski definition) is 0. The molecular weight excluding hydrogens is 282 g/mol. The lowest BCUT2D eigenvalue weighted by Crippen LogP contribution is -2.22. The molecule has 94 valence electrons. The first kappa shape index (κ1) is 12.9. The fraction of sp³-hybridized carbons (Fsp3) is 0.538. The Morgan fingerprint density at radius 2 is 2.24 bits per heavy atom. The van der Waals surface area contributed by atoms with Crippen LogP contribution in [0.15, 0.2) is 22.7 Å². The molecule has 2 rings (SSSR count). The molecule has 0 saturated carbocycles. The SMILES string of the molecule is COc1ccc(Br)c(CN2CC[C@@H](OC)C2)c1. The Balaban J connectivity index is 2.03. The Morgan fingerprint density at radius 1 is 1.41 bits per heavy atom. The molecule has 3 nitrogen and oxygen atoms in total. The van der Waals surface area contributed by atoms with Gasteiger partial charge in [-0.3, -0.25) is 4.90 Å². The first-order valence-corrected chi connectivity index (χ1v) is 6.60. The summed E-state index contributed by atoms with van der Waals surface area (Å²) in [5.41, 5.74) is 1.26. The average Bonchev–Trinajstić information content (AvgIpc) is 2.80. The summed E-state index contributed by atoms with van der Waals surface area (Å²) in [4.78, 5) is 2.41. The van der Waals surface area contributed by atoms with Gasteiger partial charge in [-0.1, -0.05) is 15.9 Å². The van der Waals surface area contributed by atoms with Crippen LogP contribution in [-0.2, 0) is 11.3 Å². The molecule has 1 aliphatic rings. The van der Waals surface area contributed by atoms with E-state index in [2.05, 4.69) is 26.9 Å². The summed E-state index contributed by atoms with van der Waals surface area (Å²) in [5.74, 6) is 0.908. The summed E-state index contributed by atoms with van der Waals surface area (Å²) < 4.78 is 11.8. The maximum atomic E-state index is 5.38. The third kappa shape index (κ3) is 3.21. The van der Waals surface area contributed by atoms with Crippen molar-refractivity contribution in [3.63, 3.8) is 0 Å². The molecule has 0 amide bonds. The van der Waals surface area contributed by atoms with E-state index in [0.29, 0.717) is 6.10 Å². The molecule has 0 radical (unpaired) electrons. The minimum absolute atomic E-state index is 0.388. The Morgan fingerprint density at radius 3 is 2.88 bits per heavy atom. The van der Waals surface area contributed by atoms with E-state index < -0.39 is 0 Å². The van der Waals surface area contributed by atoms with Gasteiger partial charge in [0, 0.05) is 31.2 Å². The number of ether oxygens (including phenoxy) is 2. The van der Waals surface area contributed by atoms with Gasteiger partial charge in [0.2, 0.25) is 0 Å². The van der Waals surface area contributed by atoms with Crippen LogP contribution in [0.3, 0.4) is 0 Å². The molecule has 1 heterocycles. The zero-order valence-corrected chi connectivity index (χ0v) is 11.9. The van der Waals surface area contributed by atoms with Gasteiger partial charge in [-0.25, -0.2) is 0 Å². The van der Waals surface area contributed by atoms with Crippen molar-refractivity contribution in [2.75, 3.05) is 27.3 Å². The van der Waals surface area contributed by atoms with Crippen molar-refractivity contribution < 1.29 is 9.47 Å². The highest BCUT2D eigenvalue weighted by Gasteiger charge is 2.22. The zero-order chi connectivity index (χ0) is 12.3. The molecule has 0 bridgehead atoms. The molecule has 1 saturated heterocycles. The first-order chi connectivity index (χ1) is 8.22. The summed E-state index contributed by atoms with van der Waals surface area (Å²) in [7, 11) is 3.49. The quantitative estimate of drug-likeness (QED) is 0.853. The highest BCUT2D eigenvalue weighted by molar-refractivity contribution is 9.10. The summed E-state index contributed by atoms with van der Waals surface area (Å²) in [6, 6.07) is 6.10. The minimum atomic E-state index is 0.388. The number of halogens is 1. The third-order valence-corrected chi connectivity index (χ3v) is 3.98. The molecule has 0 spiro atoms. The highest BCUT2D eigenvalue weighted by atomic mass is 79.9. The molecule has 0 N–H and O–H groups in total. The van der Waals surface area contributed by atoms with Crippen LogP contribution < -0.4 is 4.74 Å². The highest BCUT2D eigenvalue weighted by Crippen LogP contribution is 2.25. The van der Waals surface area contributed by atoms with E-state index in [-0.39, 0.29) is 0 Å². The predicted octanol–water partition coefficient (Wildman–Crippen LogP) is 2.68. The van der Waals surface area contributed by atoms with Gasteiger partial charge in [0.15, 0.2) is 0 Å². The second-order valence-electron chi connectivity index (χ2n) is 4.34. The lowest BCUT2D eigenvalue weighted by atomic mass is 10.2. The monoisotopic (exact) mass is 299 g/mol. The molecule has 1 aromatic carbocycles. The van der Waals surface area contributed by atoms with Crippen molar-refractivity contribution in [3.8, 4) is 5.75 Å². The number of rotatable bonds is 4. The van der Waals surface area contributed by atoms with Crippen molar-refractivity contribution in [3.05, 3.63) is 28.2 Å². The Kier molecular flexibility index (Phi) is 4.42. The summed E-state index contributed by atoms with van der Waals surface area (Å²) >= 11 is 3.59. The fourth-order valence-corrected chi connectivity index (χ4v) is 2.55. The Labute approximate surface area is 111 Å². The molecule has 0 unspecified atom stereocenters. The van der Waals surface area contributed by atoms with Crippen LogP contribution in [0.25, 0.3) is 0 Å². The maximum absolute atomic E-state index is 5.38. The molecule has 1 aromatic rings. The van der Waals surface area contributed by atoms with E-state index in [1.165, 1.54) is 5.56 Å². The van der Waals surface area contributed by atoms with Gasteiger partial charge in [-0.15, -0.1) is 0 Å². The smallest absolute Gasteiger partial charge is 0.119 e. The van der Waals surface area contributed by atoms with Gasteiger partial charge in [0.05, 0.1) is 13.2 Å². The maximum Gasteiger partial charge on any atom is 0.119 e. The Hall–Kier alpha value is -0.580. The van der Waals surface area contributed by atoms with E-state index >= 15 is 0 Å². The number of methoxy groups -OCH3 is 2. The van der Waals surface area contributed by atoms with Crippen LogP contribution in [0.4, 0.5) is 0 Å². The fourth-order valence-electron chi connectivity index (χ4n) is 2.17. The van der Waals surface area contributed by atoms with Crippen molar-refractivity contribution in [2.45, 2.75) is 19.1 Å². The van der Waals surface area contributed by atoms with E-state index in [1.54, 1.807) is 14.2 Å². The predicted molar refractivity (Wildman–Crippen MR) is 71.4 cm³/mol. The molecule has 4 heteroatoms. The van der Waals surface area contributed by atoms with Crippen molar-refractivity contribution in [2.24, 2.45) is 0 Å². The van der Waals surface area contributed by atoms with Crippen LogP contribution in [0.2, 0.25) is 0 Å². The van der Waals surface area contributed by atoms with Crippen LogP contribution in [0.1, 0.15) is 12.0 Å². The molecule has 1 fully saturated rings. The van der Waals surface area contributed by atoms with Gasteiger partial charge in [0.25, 0.3) is 0 Å². The third-order valence-electron chi connectivity index (χ3n) is 3.21. The number of hydrogen-bond acceptors (Lipinski definition) is 3. The van der Waals surface area contributed by atoms with Gasteiger partial charge in [-0.2, -0.15) is 0 Å². The van der Waals surface area contributed by atoms with Crippen LogP contribution in [0, 0.1) is 0 Å². The molecule has 0 aromatic heterocycles. The lowest BCUT2D eigenvalue weighted by Gasteiger charge is -2.17. The minimum Gasteiger partial charge on any atom is -0.497 e. The van der Waals surface area contributed by atoms with E-state index in [1.807, 2.05) is 12.1 Å². The lowest BCUT2D eigenvalue weighted by molar-refractivity contribution is 0.107. The standard InChI is InChI=1S/C13H18BrNO2/c1-16-11-3-4-13(14)10(7-11)8-15-6-5-12(9-15)17-2/h3-4,7,12H,5-6,8-9H2,1-2H3/t12-/m1/s1. The molecule has 17 heavy (non-hydrogen) atoms. The average molecular weight is 300 g/mol. The number of likely N-dealkylation sites (tertiary alicyclic amines) is 1. The van der Waals surface area contributed by atoms with E-state index in [9.17, 15) is 0 Å². The summed E-state index contributed by atoms with van der Waals surface area (Å²) in [5, 5.41) is 0. The van der Waals surface area contributed by atoms with Crippen LogP contribution in [-0.4, -0.2) is 38.3 Å². The molecular formula is C13H18BrNO2. The van der Waals surface area contributed by atoms with Crippen molar-refractivity contribution >= 4 is 15.9 Å². The molecule has 1 atom stereocenters. The van der Waals surface area contributed by atoms with Gasteiger partial charge < -0.3 is 9.47 Å². The van der Waals surface area contributed by atoms with Gasteiger partial charge in [0.1, 0.15) is 5.75 Å². The van der Waals surface area contributed by atoms with E-state index in [0.717, 1.165) is 36.3 Å². The first-order valence-electron chi connectivity index (χ1n) is 5.80. The zero-order valence-electron chi connectivity index (χ0n) is 10.3. The van der Waals surface area contributed by atoms with Crippen molar-refractivity contribution in [1.29, 1.82) is 0 Å². The number of nitrogens with zero attached hydrogens (tertiary/aromatic N) is 1. The largest absolute Gasteiger partial charge is 0.497 e. The number of benzene rings is 1. The van der Waals surface area contributed by atoms with Gasteiger partial charge in [-0.05, 0) is 30.2 Å². The van der Waals surface area contributed by atoms with Crippen LogP contribution >= 0.6 is 15.9 Å². The topological polar surface area (TPSA) is 21.7 Å². The van der Waals surface area contributed by atoms with Gasteiger partial charge >= 0.3 is 0 Å². The second kappa shape index (κ2) is 5.85. The Bertz CT molecular complexity index is 384. The normalized spacial score (nSPS) is 20.8. The summed E-state index contributed by atoms with van der Waals surface area (Å²) in [6.07, 6.45) is 1.51. The molecule has 0 aliphatic carbocycles. The van der Waals surface area contributed by atoms with E-state index in [4.69, 9.17) is 9.47 Å². The van der Waals surface area contributed by atoms with Crippen LogP contribution in [0.5, 0.6) is 5.75 Å².